The van der Waals surface area contributed by atoms with Crippen molar-refractivity contribution in [3.05, 3.63) is 24.5 Å². The summed E-state index contributed by atoms with van der Waals surface area (Å²) in [6, 6.07) is 2.19. The predicted octanol–water partition coefficient (Wildman–Crippen LogP) is 2.30. The molecule has 1 aromatic rings. The molecule has 19 heavy (non-hydrogen) atoms. The van der Waals surface area contributed by atoms with Crippen molar-refractivity contribution in [1.82, 2.24) is 4.98 Å². The van der Waals surface area contributed by atoms with E-state index in [4.69, 9.17) is 9.84 Å². The van der Waals surface area contributed by atoms with Crippen LogP contribution in [0.4, 0.5) is 10.5 Å². The van der Waals surface area contributed by atoms with Gasteiger partial charge >= 0.3 is 12.1 Å². The monoisotopic (exact) mass is 266 g/mol. The molecule has 1 rings (SSSR count). The first kappa shape index (κ1) is 14.9. The molecule has 0 radical (unpaired) electrons. The summed E-state index contributed by atoms with van der Waals surface area (Å²) >= 11 is 0. The van der Waals surface area contributed by atoms with Crippen LogP contribution in [0.15, 0.2) is 24.5 Å². The molecule has 0 saturated carbocycles. The first-order chi connectivity index (χ1) is 8.72. The van der Waals surface area contributed by atoms with E-state index in [0.717, 1.165) is 4.90 Å². The lowest BCUT2D eigenvalue weighted by atomic mass is 10.2. The second-order valence-electron chi connectivity index (χ2n) is 5.08. The number of carbonyl (C=O) groups is 2. The van der Waals surface area contributed by atoms with Gasteiger partial charge in [-0.3, -0.25) is 9.88 Å². The molecule has 1 N–H and O–H groups in total. The van der Waals surface area contributed by atoms with Gasteiger partial charge in [-0.1, -0.05) is 0 Å². The van der Waals surface area contributed by atoms with E-state index in [0.29, 0.717) is 5.69 Å². The maximum atomic E-state index is 12.1. The Morgan fingerprint density at radius 2 is 2.05 bits per heavy atom. The van der Waals surface area contributed by atoms with Gasteiger partial charge in [-0.25, -0.2) is 9.59 Å². The van der Waals surface area contributed by atoms with Crippen molar-refractivity contribution < 1.29 is 19.4 Å². The number of hydrogen-bond acceptors (Lipinski definition) is 4. The molecule has 0 fully saturated rings. The van der Waals surface area contributed by atoms with E-state index in [-0.39, 0.29) is 0 Å². The Balaban J connectivity index is 3.07. The maximum absolute atomic E-state index is 12.1. The third-order valence-corrected chi connectivity index (χ3v) is 2.26. The first-order valence-electron chi connectivity index (χ1n) is 5.87. The summed E-state index contributed by atoms with van der Waals surface area (Å²) in [5.74, 6) is -1.12. The number of ether oxygens (including phenoxy) is 1. The summed E-state index contributed by atoms with van der Waals surface area (Å²) in [6.45, 7) is 6.58. The molecule has 1 amide bonds. The Labute approximate surface area is 112 Å². The van der Waals surface area contributed by atoms with Crippen LogP contribution in [-0.4, -0.2) is 33.8 Å². The lowest BCUT2D eigenvalue weighted by Crippen LogP contribution is -2.46. The number of carboxylic acids is 1. The van der Waals surface area contributed by atoms with E-state index in [2.05, 4.69) is 4.98 Å². The fraction of sp³-hybridized carbons (Fsp3) is 0.462. The summed E-state index contributed by atoms with van der Waals surface area (Å²) in [6.07, 6.45) is 2.25. The molecule has 1 atom stereocenters. The van der Waals surface area contributed by atoms with Gasteiger partial charge in [0.15, 0.2) is 0 Å². The zero-order valence-electron chi connectivity index (χ0n) is 11.5. The van der Waals surface area contributed by atoms with E-state index in [9.17, 15) is 9.59 Å². The van der Waals surface area contributed by atoms with Crippen LogP contribution in [0.2, 0.25) is 0 Å². The highest BCUT2D eigenvalue weighted by molar-refractivity contribution is 5.94. The molecule has 6 heteroatoms. The molecule has 0 aliphatic carbocycles. The van der Waals surface area contributed by atoms with Gasteiger partial charge in [0.05, 0.1) is 11.9 Å². The molecule has 6 nitrogen and oxygen atoms in total. The van der Waals surface area contributed by atoms with Crippen molar-refractivity contribution in [3.8, 4) is 0 Å². The van der Waals surface area contributed by atoms with Crippen molar-refractivity contribution in [2.45, 2.75) is 39.3 Å². The van der Waals surface area contributed by atoms with Crippen molar-refractivity contribution >= 4 is 17.7 Å². The quantitative estimate of drug-likeness (QED) is 0.908. The van der Waals surface area contributed by atoms with Gasteiger partial charge in [-0.05, 0) is 39.8 Å². The minimum Gasteiger partial charge on any atom is -0.480 e. The Bertz CT molecular complexity index is 453. The van der Waals surface area contributed by atoms with Crippen molar-refractivity contribution in [3.63, 3.8) is 0 Å². The lowest BCUT2D eigenvalue weighted by Gasteiger charge is -2.29. The van der Waals surface area contributed by atoms with Gasteiger partial charge in [0.2, 0.25) is 0 Å². The third-order valence-electron chi connectivity index (χ3n) is 2.26. The van der Waals surface area contributed by atoms with Crippen LogP contribution >= 0.6 is 0 Å². The highest BCUT2D eigenvalue weighted by atomic mass is 16.6. The minimum atomic E-state index is -1.12. The van der Waals surface area contributed by atoms with Crippen LogP contribution in [0.1, 0.15) is 27.7 Å². The summed E-state index contributed by atoms with van der Waals surface area (Å²) < 4.78 is 5.22. The number of aliphatic carboxylic acids is 1. The molecule has 1 aromatic heterocycles. The van der Waals surface area contributed by atoms with Crippen LogP contribution in [0, 0.1) is 0 Å². The number of amides is 1. The fourth-order valence-electron chi connectivity index (χ4n) is 1.40. The average Bonchev–Trinajstić information content (AvgIpc) is 2.28. The largest absolute Gasteiger partial charge is 0.480 e. The number of nitrogens with zero attached hydrogens (tertiary/aromatic N) is 2. The van der Waals surface area contributed by atoms with Crippen LogP contribution in [0.3, 0.4) is 0 Å². The molecule has 0 spiro atoms. The molecule has 0 aliphatic heterocycles. The maximum Gasteiger partial charge on any atom is 0.415 e. The Hall–Kier alpha value is -2.11. The van der Waals surface area contributed by atoms with Gasteiger partial charge in [-0.15, -0.1) is 0 Å². The number of hydrogen-bond donors (Lipinski definition) is 1. The van der Waals surface area contributed by atoms with Crippen molar-refractivity contribution in [2.75, 3.05) is 4.90 Å². The van der Waals surface area contributed by atoms with E-state index in [1.165, 1.54) is 13.1 Å². The second kappa shape index (κ2) is 5.69. The molecular weight excluding hydrogens is 248 g/mol. The molecule has 1 heterocycles. The number of carboxylic acid groups (broad SMARTS) is 1. The zero-order chi connectivity index (χ0) is 14.6. The van der Waals surface area contributed by atoms with Crippen LogP contribution in [0.5, 0.6) is 0 Å². The molecule has 0 bridgehead atoms. The van der Waals surface area contributed by atoms with E-state index in [1.807, 2.05) is 0 Å². The van der Waals surface area contributed by atoms with E-state index < -0.39 is 23.7 Å². The third kappa shape index (κ3) is 4.24. The standard InChI is InChI=1S/C13H18N2O4/c1-9(11(16)17)15(10-6-5-7-14-8-10)12(18)19-13(2,3)4/h5-9H,1-4H3,(H,16,17)/t9-/m1/s1. The second-order valence-corrected chi connectivity index (χ2v) is 5.08. The number of aromatic nitrogens is 1. The topological polar surface area (TPSA) is 79.7 Å². The Morgan fingerprint density at radius 3 is 2.47 bits per heavy atom. The normalized spacial score (nSPS) is 12.6. The van der Waals surface area contributed by atoms with Crippen molar-refractivity contribution in [1.29, 1.82) is 0 Å². The number of carbonyl (C=O) groups excluding carboxylic acids is 1. The molecule has 0 aliphatic rings. The smallest absolute Gasteiger partial charge is 0.415 e. The van der Waals surface area contributed by atoms with Gasteiger partial charge in [-0.2, -0.15) is 0 Å². The molecule has 0 aromatic carbocycles. The van der Waals surface area contributed by atoms with Gasteiger partial charge in [0.25, 0.3) is 0 Å². The SMILES string of the molecule is C[C@H](C(=O)O)N(C(=O)OC(C)(C)C)c1cccnc1. The van der Waals surface area contributed by atoms with Crippen molar-refractivity contribution in [2.24, 2.45) is 0 Å². The minimum absolute atomic E-state index is 0.381. The van der Waals surface area contributed by atoms with Crippen LogP contribution in [-0.2, 0) is 9.53 Å². The first-order valence-corrected chi connectivity index (χ1v) is 5.87. The van der Waals surface area contributed by atoms with E-state index in [1.54, 1.807) is 39.1 Å². The lowest BCUT2D eigenvalue weighted by molar-refractivity contribution is -0.138. The van der Waals surface area contributed by atoms with Gasteiger partial charge < -0.3 is 9.84 Å². The van der Waals surface area contributed by atoms with Gasteiger partial charge in [0, 0.05) is 6.20 Å². The van der Waals surface area contributed by atoms with Crippen LogP contribution in [0.25, 0.3) is 0 Å². The summed E-state index contributed by atoms with van der Waals surface area (Å²) in [5, 5.41) is 9.09. The zero-order valence-corrected chi connectivity index (χ0v) is 11.5. The summed E-state index contributed by atoms with van der Waals surface area (Å²) in [4.78, 5) is 28.2. The highest BCUT2D eigenvalue weighted by Crippen LogP contribution is 2.19. The number of pyridine rings is 1. The van der Waals surface area contributed by atoms with E-state index >= 15 is 0 Å². The number of anilines is 1. The Morgan fingerprint density at radius 1 is 1.42 bits per heavy atom. The average molecular weight is 266 g/mol. The summed E-state index contributed by atoms with van der Waals surface area (Å²) in [7, 11) is 0. The molecule has 0 unspecified atom stereocenters. The predicted molar refractivity (Wildman–Crippen MR) is 70.0 cm³/mol. The van der Waals surface area contributed by atoms with Crippen LogP contribution < -0.4 is 4.90 Å². The molecule has 0 saturated heterocycles. The Kier molecular flexibility index (Phi) is 4.47. The molecule has 104 valence electrons. The number of rotatable bonds is 3. The van der Waals surface area contributed by atoms with Gasteiger partial charge in [0.1, 0.15) is 11.6 Å². The fourth-order valence-corrected chi connectivity index (χ4v) is 1.40. The summed E-state index contributed by atoms with van der Waals surface area (Å²) in [5.41, 5.74) is -0.317. The molecular formula is C13H18N2O4. The highest BCUT2D eigenvalue weighted by Gasteiger charge is 2.31.